The number of ether oxygens (including phenoxy) is 1. The summed E-state index contributed by atoms with van der Waals surface area (Å²) < 4.78 is 5.02. The molecule has 100 valence electrons. The van der Waals surface area contributed by atoms with Crippen molar-refractivity contribution in [3.05, 3.63) is 23.8 Å². The van der Waals surface area contributed by atoms with E-state index in [9.17, 15) is 9.90 Å². The van der Waals surface area contributed by atoms with E-state index in [0.717, 1.165) is 0 Å². The van der Waals surface area contributed by atoms with E-state index in [1.807, 2.05) is 0 Å². The molecule has 0 aromatic heterocycles. The summed E-state index contributed by atoms with van der Waals surface area (Å²) >= 11 is 0. The fourth-order valence-corrected chi connectivity index (χ4v) is 1.34. The third-order valence-corrected chi connectivity index (χ3v) is 2.98. The number of benzene rings is 1. The summed E-state index contributed by atoms with van der Waals surface area (Å²) in [5.74, 6) is 0.278. The molecule has 1 rings (SSSR count). The number of carbonyl (C=O) groups is 1. The van der Waals surface area contributed by atoms with Crippen molar-refractivity contribution in [1.29, 1.82) is 0 Å². The van der Waals surface area contributed by atoms with Gasteiger partial charge in [-0.2, -0.15) is 0 Å². The molecule has 1 unspecified atom stereocenters. The third-order valence-electron chi connectivity index (χ3n) is 2.98. The van der Waals surface area contributed by atoms with Crippen LogP contribution in [-0.2, 0) is 0 Å². The first kappa shape index (κ1) is 14.3. The van der Waals surface area contributed by atoms with Crippen LogP contribution in [0.1, 0.15) is 31.1 Å². The molecular weight excluding hydrogens is 232 g/mol. The van der Waals surface area contributed by atoms with Crippen LogP contribution in [0, 0.1) is 0 Å². The summed E-state index contributed by atoms with van der Waals surface area (Å²) in [7, 11) is 1.53. The van der Waals surface area contributed by atoms with E-state index in [0.29, 0.717) is 17.0 Å². The molecule has 4 N–H and O–H groups in total. The van der Waals surface area contributed by atoms with E-state index in [4.69, 9.17) is 10.5 Å². The SMILES string of the molecule is COc1ccc(C(=O)NC(C)(C)C(C)O)c(N)c1. The third kappa shape index (κ3) is 3.13. The molecule has 1 atom stereocenters. The van der Waals surface area contributed by atoms with E-state index in [1.165, 1.54) is 7.11 Å². The Hall–Kier alpha value is -1.75. The predicted octanol–water partition coefficient (Wildman–Crippen LogP) is 1.17. The first-order chi connectivity index (χ1) is 8.27. The molecule has 0 aliphatic heterocycles. The molecule has 0 saturated carbocycles. The number of amides is 1. The number of anilines is 1. The summed E-state index contributed by atoms with van der Waals surface area (Å²) in [6.07, 6.45) is -0.666. The van der Waals surface area contributed by atoms with Gasteiger partial charge < -0.3 is 20.9 Å². The fourth-order valence-electron chi connectivity index (χ4n) is 1.34. The zero-order valence-electron chi connectivity index (χ0n) is 11.2. The summed E-state index contributed by atoms with van der Waals surface area (Å²) in [4.78, 5) is 12.0. The van der Waals surface area contributed by atoms with Gasteiger partial charge in [0.15, 0.2) is 0 Å². The maximum Gasteiger partial charge on any atom is 0.253 e. The molecule has 18 heavy (non-hydrogen) atoms. The van der Waals surface area contributed by atoms with Gasteiger partial charge in [0.1, 0.15) is 5.75 Å². The van der Waals surface area contributed by atoms with Crippen molar-refractivity contribution < 1.29 is 14.6 Å². The summed E-state index contributed by atoms with van der Waals surface area (Å²) in [6.45, 7) is 5.11. The molecule has 0 aliphatic carbocycles. The largest absolute Gasteiger partial charge is 0.497 e. The van der Waals surface area contributed by atoms with Crippen molar-refractivity contribution in [2.45, 2.75) is 32.4 Å². The second kappa shape index (κ2) is 5.27. The van der Waals surface area contributed by atoms with Crippen LogP contribution in [-0.4, -0.2) is 29.8 Å². The Bertz CT molecular complexity index is 442. The van der Waals surface area contributed by atoms with Crippen molar-refractivity contribution in [3.8, 4) is 5.75 Å². The molecular formula is C13H20N2O3. The number of rotatable bonds is 4. The Morgan fingerprint density at radius 1 is 1.50 bits per heavy atom. The topological polar surface area (TPSA) is 84.6 Å². The molecule has 0 radical (unpaired) electrons. The van der Waals surface area contributed by atoms with Gasteiger partial charge in [-0.3, -0.25) is 4.79 Å². The summed E-state index contributed by atoms with van der Waals surface area (Å²) in [5.41, 5.74) is 5.78. The number of nitrogens with one attached hydrogen (secondary N) is 1. The minimum absolute atomic E-state index is 0.318. The summed E-state index contributed by atoms with van der Waals surface area (Å²) in [6, 6.07) is 4.85. The Labute approximate surface area is 107 Å². The average molecular weight is 252 g/mol. The Morgan fingerprint density at radius 2 is 2.11 bits per heavy atom. The second-order valence-electron chi connectivity index (χ2n) is 4.80. The zero-order valence-corrected chi connectivity index (χ0v) is 11.2. The lowest BCUT2D eigenvalue weighted by Crippen LogP contribution is -2.51. The van der Waals surface area contributed by atoms with Crippen LogP contribution >= 0.6 is 0 Å². The van der Waals surface area contributed by atoms with E-state index in [-0.39, 0.29) is 5.91 Å². The average Bonchev–Trinajstić information content (AvgIpc) is 2.27. The quantitative estimate of drug-likeness (QED) is 0.702. The lowest BCUT2D eigenvalue weighted by Gasteiger charge is -2.29. The monoisotopic (exact) mass is 252 g/mol. The van der Waals surface area contributed by atoms with E-state index >= 15 is 0 Å². The lowest BCUT2D eigenvalue weighted by molar-refractivity contribution is 0.0710. The number of methoxy groups -OCH3 is 1. The first-order valence-electron chi connectivity index (χ1n) is 5.72. The van der Waals surface area contributed by atoms with Crippen LogP contribution in [0.5, 0.6) is 5.75 Å². The molecule has 1 aromatic rings. The maximum atomic E-state index is 12.0. The predicted molar refractivity (Wildman–Crippen MR) is 70.6 cm³/mol. The molecule has 0 saturated heterocycles. The second-order valence-corrected chi connectivity index (χ2v) is 4.80. The van der Waals surface area contributed by atoms with Gasteiger partial charge in [-0.25, -0.2) is 0 Å². The highest BCUT2D eigenvalue weighted by Gasteiger charge is 2.27. The standard InChI is InChI=1S/C13H20N2O3/c1-8(16)13(2,3)15-12(17)10-6-5-9(18-4)7-11(10)14/h5-8,16H,14H2,1-4H3,(H,15,17). The van der Waals surface area contributed by atoms with Crippen LogP contribution in [0.4, 0.5) is 5.69 Å². The van der Waals surface area contributed by atoms with Crippen molar-refractivity contribution in [3.63, 3.8) is 0 Å². The number of nitrogens with two attached hydrogens (primary N) is 1. The molecule has 5 nitrogen and oxygen atoms in total. The molecule has 5 heteroatoms. The Kier molecular flexibility index (Phi) is 4.19. The summed E-state index contributed by atoms with van der Waals surface area (Å²) in [5, 5.41) is 12.3. The Balaban J connectivity index is 2.92. The smallest absolute Gasteiger partial charge is 0.253 e. The van der Waals surface area contributed by atoms with Gasteiger partial charge >= 0.3 is 0 Å². The van der Waals surface area contributed by atoms with E-state index in [1.54, 1.807) is 39.0 Å². The van der Waals surface area contributed by atoms with E-state index in [2.05, 4.69) is 5.32 Å². The molecule has 0 heterocycles. The van der Waals surface area contributed by atoms with Crippen LogP contribution < -0.4 is 15.8 Å². The molecule has 0 aliphatic rings. The minimum atomic E-state index is -0.719. The van der Waals surface area contributed by atoms with Crippen molar-refractivity contribution in [2.75, 3.05) is 12.8 Å². The van der Waals surface area contributed by atoms with Crippen LogP contribution in [0.25, 0.3) is 0 Å². The molecule has 0 bridgehead atoms. The molecule has 1 amide bonds. The van der Waals surface area contributed by atoms with Crippen LogP contribution in [0.2, 0.25) is 0 Å². The number of aliphatic hydroxyl groups excluding tert-OH is 1. The minimum Gasteiger partial charge on any atom is -0.497 e. The normalized spacial score (nSPS) is 12.9. The molecule has 0 fully saturated rings. The van der Waals surface area contributed by atoms with Gasteiger partial charge in [0, 0.05) is 11.8 Å². The number of aliphatic hydroxyl groups is 1. The van der Waals surface area contributed by atoms with Gasteiger partial charge in [0.2, 0.25) is 0 Å². The van der Waals surface area contributed by atoms with Crippen LogP contribution in [0.3, 0.4) is 0 Å². The van der Waals surface area contributed by atoms with Gasteiger partial charge in [-0.05, 0) is 32.9 Å². The van der Waals surface area contributed by atoms with Gasteiger partial charge in [0.25, 0.3) is 5.91 Å². The van der Waals surface area contributed by atoms with Gasteiger partial charge in [0.05, 0.1) is 24.3 Å². The Morgan fingerprint density at radius 3 is 2.56 bits per heavy atom. The van der Waals surface area contributed by atoms with Crippen molar-refractivity contribution in [1.82, 2.24) is 5.32 Å². The number of hydrogen-bond acceptors (Lipinski definition) is 4. The zero-order chi connectivity index (χ0) is 13.9. The number of hydrogen-bond donors (Lipinski definition) is 3. The maximum absolute atomic E-state index is 12.0. The molecule has 1 aromatic carbocycles. The van der Waals surface area contributed by atoms with E-state index < -0.39 is 11.6 Å². The van der Waals surface area contributed by atoms with Gasteiger partial charge in [-0.15, -0.1) is 0 Å². The highest BCUT2D eigenvalue weighted by atomic mass is 16.5. The first-order valence-corrected chi connectivity index (χ1v) is 5.72. The van der Waals surface area contributed by atoms with Gasteiger partial charge in [-0.1, -0.05) is 0 Å². The number of nitrogen functional groups attached to an aromatic ring is 1. The van der Waals surface area contributed by atoms with Crippen molar-refractivity contribution >= 4 is 11.6 Å². The van der Waals surface area contributed by atoms with Crippen LogP contribution in [0.15, 0.2) is 18.2 Å². The molecule has 0 spiro atoms. The fraction of sp³-hybridized carbons (Fsp3) is 0.462. The lowest BCUT2D eigenvalue weighted by atomic mass is 9.98. The highest BCUT2D eigenvalue weighted by molar-refractivity contribution is 5.99. The number of carbonyl (C=O) groups excluding carboxylic acids is 1. The highest BCUT2D eigenvalue weighted by Crippen LogP contribution is 2.20. The van der Waals surface area contributed by atoms with Crippen molar-refractivity contribution in [2.24, 2.45) is 0 Å².